The molecule has 0 aliphatic rings. The van der Waals surface area contributed by atoms with Crippen LogP contribution in [0.25, 0.3) is 0 Å². The molecule has 2 aromatic rings. The van der Waals surface area contributed by atoms with Gasteiger partial charge in [0, 0.05) is 22.8 Å². The van der Waals surface area contributed by atoms with Crippen LogP contribution in [0.1, 0.15) is 23.0 Å². The van der Waals surface area contributed by atoms with E-state index in [9.17, 15) is 14.8 Å². The van der Waals surface area contributed by atoms with Crippen LogP contribution in [0.4, 0.5) is 5.69 Å². The smallest absolute Gasteiger partial charge is 0.405 e. The zero-order chi connectivity index (χ0) is 17.0. The van der Waals surface area contributed by atoms with E-state index in [1.54, 1.807) is 18.2 Å². The van der Waals surface area contributed by atoms with Crippen molar-refractivity contribution in [1.29, 1.82) is 0 Å². The molecule has 0 saturated carbocycles. The number of nitrogens with zero attached hydrogens (tertiary/aromatic N) is 1. The second-order valence-corrected chi connectivity index (χ2v) is 5.34. The lowest BCUT2D eigenvalue weighted by Gasteiger charge is -2.14. The number of carbonyl (C=O) groups is 2. The summed E-state index contributed by atoms with van der Waals surface area (Å²) in [6.45, 7) is 3.23. The highest BCUT2D eigenvalue weighted by Crippen LogP contribution is 2.20. The molecular formula is C16H15ClN2O4. The highest BCUT2D eigenvalue weighted by atomic mass is 35.5. The fourth-order valence-corrected chi connectivity index (χ4v) is 2.00. The number of hydrogen-bond acceptors (Lipinski definition) is 4. The van der Waals surface area contributed by atoms with E-state index in [4.69, 9.17) is 16.3 Å². The van der Waals surface area contributed by atoms with Crippen molar-refractivity contribution in [3.63, 3.8) is 0 Å². The number of esters is 1. The largest absolute Gasteiger partial charge is 0.618 e. The lowest BCUT2D eigenvalue weighted by atomic mass is 10.2. The minimum absolute atomic E-state index is 0.189. The minimum Gasteiger partial charge on any atom is -0.618 e. The second kappa shape index (κ2) is 7.11. The van der Waals surface area contributed by atoms with Crippen LogP contribution in [0.15, 0.2) is 42.6 Å². The predicted octanol–water partition coefficient (Wildman–Crippen LogP) is 2.47. The van der Waals surface area contributed by atoms with E-state index in [0.717, 1.165) is 5.56 Å². The Morgan fingerprint density at radius 3 is 2.74 bits per heavy atom. The number of anilines is 1. The van der Waals surface area contributed by atoms with Crippen LogP contribution in [-0.4, -0.2) is 18.0 Å². The average molecular weight is 335 g/mol. The SMILES string of the molecule is Cc1ccc(Cl)cc1NC(=O)[C@@H](C)OC(=O)c1cccc[n+]1[O-]. The third-order valence-electron chi connectivity index (χ3n) is 3.14. The highest BCUT2D eigenvalue weighted by molar-refractivity contribution is 6.31. The maximum absolute atomic E-state index is 12.1. The quantitative estimate of drug-likeness (QED) is 0.529. The Hall–Kier alpha value is -2.60. The maximum atomic E-state index is 12.1. The lowest BCUT2D eigenvalue weighted by molar-refractivity contribution is -0.608. The van der Waals surface area contributed by atoms with Gasteiger partial charge in [0.15, 0.2) is 12.3 Å². The number of aryl methyl sites for hydroxylation is 1. The normalized spacial score (nSPS) is 11.6. The molecule has 1 aromatic carbocycles. The summed E-state index contributed by atoms with van der Waals surface area (Å²) < 4.78 is 5.40. The molecule has 1 heterocycles. The molecule has 0 spiro atoms. The van der Waals surface area contributed by atoms with Gasteiger partial charge in [0.05, 0.1) is 0 Å². The molecule has 0 bridgehead atoms. The number of benzene rings is 1. The Labute approximate surface area is 138 Å². The standard InChI is InChI=1S/C16H15ClN2O4/c1-10-6-7-12(17)9-13(10)18-15(20)11(2)23-16(21)14-5-3-4-8-19(14)22/h3-9,11H,1-2H3,(H,18,20)/t11-/m1/s1. The van der Waals surface area contributed by atoms with Gasteiger partial charge in [0.1, 0.15) is 0 Å². The molecule has 0 aliphatic carbocycles. The van der Waals surface area contributed by atoms with Gasteiger partial charge in [-0.05, 0) is 37.6 Å². The molecule has 23 heavy (non-hydrogen) atoms. The molecule has 1 N–H and O–H groups in total. The van der Waals surface area contributed by atoms with Gasteiger partial charge in [-0.3, -0.25) is 4.79 Å². The minimum atomic E-state index is -1.07. The first-order chi connectivity index (χ1) is 10.9. The first-order valence-corrected chi connectivity index (χ1v) is 7.22. The van der Waals surface area contributed by atoms with Gasteiger partial charge < -0.3 is 15.3 Å². The Balaban J connectivity index is 2.04. The van der Waals surface area contributed by atoms with Crippen molar-refractivity contribution in [2.45, 2.75) is 20.0 Å². The third-order valence-corrected chi connectivity index (χ3v) is 3.38. The number of hydrogen-bond donors (Lipinski definition) is 1. The van der Waals surface area contributed by atoms with Gasteiger partial charge in [-0.2, -0.15) is 4.73 Å². The van der Waals surface area contributed by atoms with Crippen LogP contribution < -0.4 is 10.0 Å². The molecule has 0 saturated heterocycles. The Kier molecular flexibility index (Phi) is 5.18. The summed E-state index contributed by atoms with van der Waals surface area (Å²) in [7, 11) is 0. The van der Waals surface area contributed by atoms with Crippen molar-refractivity contribution in [3.05, 3.63) is 64.1 Å². The van der Waals surface area contributed by atoms with Crippen molar-refractivity contribution in [2.24, 2.45) is 0 Å². The van der Waals surface area contributed by atoms with E-state index in [-0.39, 0.29) is 5.69 Å². The predicted molar refractivity (Wildman–Crippen MR) is 85.1 cm³/mol. The third kappa shape index (κ3) is 4.20. The summed E-state index contributed by atoms with van der Waals surface area (Å²) in [6.07, 6.45) is 0.109. The number of carbonyl (C=O) groups excluding carboxylic acids is 2. The summed E-state index contributed by atoms with van der Waals surface area (Å²) in [6, 6.07) is 9.41. The first kappa shape index (κ1) is 16.8. The number of rotatable bonds is 4. The number of ether oxygens (including phenoxy) is 1. The fourth-order valence-electron chi connectivity index (χ4n) is 1.82. The number of nitrogens with one attached hydrogen (secondary N) is 1. The van der Waals surface area contributed by atoms with Gasteiger partial charge in [-0.1, -0.05) is 17.7 Å². The average Bonchev–Trinajstić information content (AvgIpc) is 2.51. The van der Waals surface area contributed by atoms with Gasteiger partial charge in [0.25, 0.3) is 5.91 Å². The molecule has 1 aromatic heterocycles. The van der Waals surface area contributed by atoms with Crippen LogP contribution in [-0.2, 0) is 9.53 Å². The van der Waals surface area contributed by atoms with Crippen LogP contribution in [0.3, 0.4) is 0 Å². The van der Waals surface area contributed by atoms with Crippen molar-refractivity contribution in [1.82, 2.24) is 0 Å². The molecule has 0 unspecified atom stereocenters. The highest BCUT2D eigenvalue weighted by Gasteiger charge is 2.24. The summed E-state index contributed by atoms with van der Waals surface area (Å²) in [5, 5.41) is 14.6. The van der Waals surface area contributed by atoms with E-state index in [1.807, 2.05) is 6.92 Å². The van der Waals surface area contributed by atoms with E-state index in [2.05, 4.69) is 5.32 Å². The molecule has 6 nitrogen and oxygen atoms in total. The zero-order valence-corrected chi connectivity index (χ0v) is 13.3. The molecular weight excluding hydrogens is 320 g/mol. The van der Waals surface area contributed by atoms with Gasteiger partial charge >= 0.3 is 11.7 Å². The molecule has 1 atom stereocenters. The van der Waals surface area contributed by atoms with Crippen LogP contribution >= 0.6 is 11.6 Å². The van der Waals surface area contributed by atoms with Gasteiger partial charge in [-0.25, -0.2) is 4.79 Å². The van der Waals surface area contributed by atoms with Gasteiger partial charge in [-0.15, -0.1) is 0 Å². The van der Waals surface area contributed by atoms with E-state index < -0.39 is 18.0 Å². The van der Waals surface area contributed by atoms with E-state index in [1.165, 1.54) is 31.3 Å². The summed E-state index contributed by atoms with van der Waals surface area (Å²) in [4.78, 5) is 24.0. The molecule has 7 heteroatoms. The fraction of sp³-hybridized carbons (Fsp3) is 0.188. The molecule has 0 fully saturated rings. The van der Waals surface area contributed by atoms with Crippen molar-refractivity contribution >= 4 is 29.2 Å². The van der Waals surface area contributed by atoms with E-state index in [0.29, 0.717) is 15.4 Å². The molecule has 0 radical (unpaired) electrons. The summed E-state index contributed by atoms with van der Waals surface area (Å²) >= 11 is 5.89. The van der Waals surface area contributed by atoms with Crippen LogP contribution in [0, 0.1) is 12.1 Å². The molecule has 120 valence electrons. The molecule has 2 rings (SSSR count). The monoisotopic (exact) mass is 334 g/mol. The van der Waals surface area contributed by atoms with E-state index >= 15 is 0 Å². The second-order valence-electron chi connectivity index (χ2n) is 4.91. The topological polar surface area (TPSA) is 82.3 Å². The van der Waals surface area contributed by atoms with Crippen molar-refractivity contribution < 1.29 is 19.1 Å². The number of halogens is 1. The Morgan fingerprint density at radius 2 is 2.04 bits per heavy atom. The number of aromatic nitrogens is 1. The van der Waals surface area contributed by atoms with Crippen LogP contribution in [0.5, 0.6) is 0 Å². The Morgan fingerprint density at radius 1 is 1.30 bits per heavy atom. The first-order valence-electron chi connectivity index (χ1n) is 6.84. The maximum Gasteiger partial charge on any atom is 0.405 e. The Bertz CT molecular complexity index is 749. The van der Waals surface area contributed by atoms with Crippen molar-refractivity contribution in [3.8, 4) is 0 Å². The summed E-state index contributed by atoms with van der Waals surface area (Å²) in [5.74, 6) is -1.39. The number of pyridine rings is 1. The number of amides is 1. The van der Waals surface area contributed by atoms with Gasteiger partial charge in [0.2, 0.25) is 0 Å². The summed E-state index contributed by atoms with van der Waals surface area (Å²) in [5.41, 5.74) is 1.16. The van der Waals surface area contributed by atoms with Crippen molar-refractivity contribution in [2.75, 3.05) is 5.32 Å². The molecule has 1 amide bonds. The lowest BCUT2D eigenvalue weighted by Crippen LogP contribution is -2.37. The van der Waals surface area contributed by atoms with Crippen LogP contribution in [0.2, 0.25) is 5.02 Å². The zero-order valence-electron chi connectivity index (χ0n) is 12.6. The molecule has 0 aliphatic heterocycles.